The summed E-state index contributed by atoms with van der Waals surface area (Å²) in [7, 11) is 0. The predicted octanol–water partition coefficient (Wildman–Crippen LogP) is 9.16. The molecule has 1 aliphatic carbocycles. The second kappa shape index (κ2) is 10.4. The van der Waals surface area contributed by atoms with Crippen molar-refractivity contribution in [2.45, 2.75) is 52.4 Å². The molecule has 0 amide bonds. The third-order valence-electron chi connectivity index (χ3n) is 6.30. The van der Waals surface area contributed by atoms with Crippen LogP contribution >= 0.6 is 0 Å². The van der Waals surface area contributed by atoms with E-state index in [1.54, 1.807) is 30.3 Å². The van der Waals surface area contributed by atoms with Crippen LogP contribution in [0.5, 0.6) is 11.5 Å². The number of hydrogen-bond acceptors (Lipinski definition) is 1. The lowest BCUT2D eigenvalue weighted by Gasteiger charge is -2.29. The van der Waals surface area contributed by atoms with E-state index in [-0.39, 0.29) is 30.2 Å². The van der Waals surface area contributed by atoms with Gasteiger partial charge in [-0.25, -0.2) is 22.0 Å². The van der Waals surface area contributed by atoms with Crippen molar-refractivity contribution in [1.82, 2.24) is 0 Å². The first-order valence-electron chi connectivity index (χ1n) is 10.8. The van der Waals surface area contributed by atoms with Gasteiger partial charge in [-0.3, -0.25) is 0 Å². The van der Waals surface area contributed by atoms with Gasteiger partial charge in [-0.05, 0) is 49.1 Å². The molecule has 1 fully saturated rings. The lowest BCUT2D eigenvalue weighted by Crippen LogP contribution is -2.15. The molecule has 0 atom stereocenters. The van der Waals surface area contributed by atoms with Crippen molar-refractivity contribution >= 4 is 0 Å². The Bertz CT molecular complexity index is 1080. The molecule has 6 heteroatoms. The Hall–Kier alpha value is -2.89. The third-order valence-corrected chi connectivity index (χ3v) is 6.30. The second-order valence-electron chi connectivity index (χ2n) is 8.26. The lowest BCUT2D eigenvalue weighted by molar-refractivity contribution is 0.307. The average Bonchev–Trinajstić information content (AvgIpc) is 2.80. The van der Waals surface area contributed by atoms with Crippen LogP contribution in [0.15, 0.2) is 48.5 Å². The van der Waals surface area contributed by atoms with E-state index in [4.69, 9.17) is 4.74 Å². The summed E-state index contributed by atoms with van der Waals surface area (Å²) in [5.74, 6) is -6.65. The summed E-state index contributed by atoms with van der Waals surface area (Å²) in [4.78, 5) is 0. The smallest absolute Gasteiger partial charge is 0.194 e. The standard InChI is InChI=1S/C26H23F5O.CH4/c1-2-15-8-10-17(11-9-15)23-20(27)14-19(16-6-4-3-5-7-16)26(25(23)31)32-18-12-21(28)24(30)22(29)13-18;/h3-7,12-15,17H,2,8-11H2,1H3;1H4. The molecule has 4 rings (SSSR count). The molecule has 0 heterocycles. The molecule has 3 aromatic carbocycles. The van der Waals surface area contributed by atoms with E-state index in [0.717, 1.165) is 19.3 Å². The largest absolute Gasteiger partial charge is 0.453 e. The molecule has 0 bridgehead atoms. The Balaban J connectivity index is 0.00000306. The Morgan fingerprint density at radius 3 is 1.97 bits per heavy atom. The minimum absolute atomic E-state index is 0. The zero-order chi connectivity index (χ0) is 22.8. The molecule has 0 unspecified atom stereocenters. The molecule has 1 nitrogen and oxygen atoms in total. The Morgan fingerprint density at radius 1 is 0.788 bits per heavy atom. The fraction of sp³-hybridized carbons (Fsp3) is 0.333. The fourth-order valence-electron chi connectivity index (χ4n) is 4.49. The van der Waals surface area contributed by atoms with Crippen LogP contribution in [0.25, 0.3) is 11.1 Å². The highest BCUT2D eigenvalue weighted by Crippen LogP contribution is 2.45. The molecule has 1 aliphatic rings. The molecule has 0 spiro atoms. The number of rotatable bonds is 5. The van der Waals surface area contributed by atoms with Gasteiger partial charge in [-0.2, -0.15) is 0 Å². The third kappa shape index (κ3) is 5.05. The quantitative estimate of drug-likeness (QED) is 0.271. The van der Waals surface area contributed by atoms with Crippen molar-refractivity contribution in [3.05, 3.63) is 83.2 Å². The monoisotopic (exact) mass is 462 g/mol. The van der Waals surface area contributed by atoms with E-state index in [9.17, 15) is 13.2 Å². The summed E-state index contributed by atoms with van der Waals surface area (Å²) in [6, 6.07) is 10.9. The SMILES string of the molecule is C.CCC1CCC(c2c(F)cc(-c3ccccc3)c(Oc3cc(F)c(F)c(F)c3)c2F)CC1. The van der Waals surface area contributed by atoms with Crippen molar-refractivity contribution in [2.75, 3.05) is 0 Å². The van der Waals surface area contributed by atoms with E-state index >= 15 is 8.78 Å². The normalized spacial score (nSPS) is 18.0. The second-order valence-corrected chi connectivity index (χ2v) is 8.26. The van der Waals surface area contributed by atoms with Crippen LogP contribution in [0.4, 0.5) is 22.0 Å². The van der Waals surface area contributed by atoms with Crippen molar-refractivity contribution in [2.24, 2.45) is 5.92 Å². The number of hydrogen-bond donors (Lipinski definition) is 0. The van der Waals surface area contributed by atoms with Gasteiger partial charge in [0, 0.05) is 23.3 Å². The van der Waals surface area contributed by atoms with E-state index in [1.807, 2.05) is 0 Å². The molecule has 0 saturated heterocycles. The van der Waals surface area contributed by atoms with Crippen LogP contribution in [0, 0.1) is 35.0 Å². The van der Waals surface area contributed by atoms with Crippen LogP contribution < -0.4 is 4.74 Å². The highest BCUT2D eigenvalue weighted by atomic mass is 19.2. The Morgan fingerprint density at radius 2 is 1.39 bits per heavy atom. The molecular formula is C27H27F5O. The molecule has 0 aliphatic heterocycles. The highest BCUT2D eigenvalue weighted by Gasteiger charge is 2.30. The van der Waals surface area contributed by atoms with Crippen molar-refractivity contribution < 1.29 is 26.7 Å². The first-order valence-corrected chi connectivity index (χ1v) is 10.8. The van der Waals surface area contributed by atoms with E-state index in [0.29, 0.717) is 36.5 Å². The van der Waals surface area contributed by atoms with Gasteiger partial charge in [0.2, 0.25) is 0 Å². The van der Waals surface area contributed by atoms with Crippen LogP contribution in [0.3, 0.4) is 0 Å². The van der Waals surface area contributed by atoms with Gasteiger partial charge in [-0.1, -0.05) is 51.1 Å². The van der Waals surface area contributed by atoms with Crippen LogP contribution in [0.2, 0.25) is 0 Å². The summed E-state index contributed by atoms with van der Waals surface area (Å²) in [5.41, 5.74) is 0.513. The lowest BCUT2D eigenvalue weighted by atomic mass is 9.77. The van der Waals surface area contributed by atoms with Crippen molar-refractivity contribution in [3.63, 3.8) is 0 Å². The number of benzene rings is 3. The van der Waals surface area contributed by atoms with Crippen LogP contribution in [0.1, 0.15) is 57.9 Å². The van der Waals surface area contributed by atoms with Gasteiger partial charge < -0.3 is 4.74 Å². The van der Waals surface area contributed by atoms with Gasteiger partial charge in [0.15, 0.2) is 29.0 Å². The maximum Gasteiger partial charge on any atom is 0.194 e. The van der Waals surface area contributed by atoms with Gasteiger partial charge in [0.1, 0.15) is 11.6 Å². The maximum atomic E-state index is 15.8. The van der Waals surface area contributed by atoms with Gasteiger partial charge in [0.05, 0.1) is 0 Å². The first-order chi connectivity index (χ1) is 15.4. The van der Waals surface area contributed by atoms with Gasteiger partial charge in [-0.15, -0.1) is 0 Å². The number of halogens is 5. The molecule has 33 heavy (non-hydrogen) atoms. The van der Waals surface area contributed by atoms with Gasteiger partial charge in [0.25, 0.3) is 0 Å². The minimum Gasteiger partial charge on any atom is -0.453 e. The summed E-state index contributed by atoms with van der Waals surface area (Å²) in [6.45, 7) is 2.10. The van der Waals surface area contributed by atoms with E-state index in [2.05, 4.69) is 6.92 Å². The zero-order valence-corrected chi connectivity index (χ0v) is 17.6. The fourth-order valence-corrected chi connectivity index (χ4v) is 4.49. The van der Waals surface area contributed by atoms with Gasteiger partial charge >= 0.3 is 0 Å². The molecule has 3 aromatic rings. The summed E-state index contributed by atoms with van der Waals surface area (Å²) in [5, 5.41) is 0. The predicted molar refractivity (Wildman–Crippen MR) is 120 cm³/mol. The summed E-state index contributed by atoms with van der Waals surface area (Å²) < 4.78 is 77.3. The molecule has 176 valence electrons. The highest BCUT2D eigenvalue weighted by molar-refractivity contribution is 5.72. The Kier molecular flexibility index (Phi) is 7.77. The van der Waals surface area contributed by atoms with Crippen LogP contribution in [-0.4, -0.2) is 0 Å². The minimum atomic E-state index is -1.64. The number of ether oxygens (including phenoxy) is 1. The van der Waals surface area contributed by atoms with Crippen molar-refractivity contribution in [3.8, 4) is 22.6 Å². The van der Waals surface area contributed by atoms with Crippen LogP contribution in [-0.2, 0) is 0 Å². The summed E-state index contributed by atoms with van der Waals surface area (Å²) >= 11 is 0. The molecule has 1 saturated carbocycles. The molecule has 0 radical (unpaired) electrons. The van der Waals surface area contributed by atoms with Crippen molar-refractivity contribution in [1.29, 1.82) is 0 Å². The molecular weight excluding hydrogens is 435 g/mol. The first kappa shape index (κ1) is 24.7. The Labute approximate surface area is 191 Å². The van der Waals surface area contributed by atoms with E-state index < -0.39 is 34.8 Å². The topological polar surface area (TPSA) is 9.23 Å². The average molecular weight is 463 g/mol. The maximum absolute atomic E-state index is 15.8. The van der Waals surface area contributed by atoms with E-state index in [1.165, 1.54) is 6.07 Å². The zero-order valence-electron chi connectivity index (χ0n) is 17.6. The molecule has 0 aromatic heterocycles. The molecule has 0 N–H and O–H groups in total. The summed E-state index contributed by atoms with van der Waals surface area (Å²) in [6.07, 6.45) is 4.09.